The van der Waals surface area contributed by atoms with Crippen LogP contribution in [0.5, 0.6) is 0 Å². The summed E-state index contributed by atoms with van der Waals surface area (Å²) in [6.45, 7) is 0. The topological polar surface area (TPSA) is 29.1 Å². The minimum Gasteiger partial charge on any atom is -0.391 e. The number of allylic oxidation sites excluding steroid dienone is 2. The Morgan fingerprint density at radius 3 is 2.36 bits per heavy atom. The lowest BCUT2D eigenvalue weighted by Gasteiger charge is -2.19. The molecule has 1 aliphatic rings. The van der Waals surface area contributed by atoms with Crippen LogP contribution in [0.3, 0.4) is 0 Å². The lowest BCUT2D eigenvalue weighted by Crippen LogP contribution is -2.28. The van der Waals surface area contributed by atoms with Gasteiger partial charge in [0.15, 0.2) is 0 Å². The fourth-order valence-electron chi connectivity index (χ4n) is 1.60. The van der Waals surface area contributed by atoms with Gasteiger partial charge in [0.25, 0.3) is 5.78 Å². The minimum atomic E-state index is -4.74. The third kappa shape index (κ3) is 2.27. The molecule has 0 bridgehead atoms. The van der Waals surface area contributed by atoms with Crippen molar-refractivity contribution in [2.45, 2.75) is 31.9 Å². The van der Waals surface area contributed by atoms with Crippen molar-refractivity contribution >= 4 is 5.78 Å². The highest BCUT2D eigenvalue weighted by Crippen LogP contribution is 2.29. The standard InChI is InChI=1S/C9H12F3NO/c1-13-7-5-3-2-4-6(7)8(14)9(10,11)12/h13H,2-5H2,1H3. The molecule has 0 amide bonds. The van der Waals surface area contributed by atoms with Gasteiger partial charge in [-0.05, 0) is 25.7 Å². The zero-order valence-corrected chi connectivity index (χ0v) is 7.87. The Bertz CT molecular complexity index is 268. The smallest absolute Gasteiger partial charge is 0.391 e. The molecule has 2 nitrogen and oxygen atoms in total. The molecule has 0 heterocycles. The summed E-state index contributed by atoms with van der Waals surface area (Å²) in [4.78, 5) is 11.0. The van der Waals surface area contributed by atoms with Crippen LogP contribution in [0.4, 0.5) is 13.2 Å². The van der Waals surface area contributed by atoms with Crippen LogP contribution in [0.1, 0.15) is 25.7 Å². The number of nitrogens with one attached hydrogen (secondary N) is 1. The molecule has 5 heteroatoms. The van der Waals surface area contributed by atoms with E-state index in [4.69, 9.17) is 0 Å². The summed E-state index contributed by atoms with van der Waals surface area (Å²) in [7, 11) is 1.55. The summed E-state index contributed by atoms with van der Waals surface area (Å²) in [5.74, 6) is -1.69. The molecule has 0 aliphatic heterocycles. The van der Waals surface area contributed by atoms with Crippen molar-refractivity contribution < 1.29 is 18.0 Å². The van der Waals surface area contributed by atoms with Gasteiger partial charge in [-0.1, -0.05) is 0 Å². The monoisotopic (exact) mass is 207 g/mol. The summed E-state index contributed by atoms with van der Waals surface area (Å²) in [5, 5.41) is 2.67. The van der Waals surface area contributed by atoms with E-state index in [1.165, 1.54) is 0 Å². The summed E-state index contributed by atoms with van der Waals surface area (Å²) < 4.78 is 36.4. The lowest BCUT2D eigenvalue weighted by atomic mass is 9.93. The molecular weight excluding hydrogens is 195 g/mol. The first-order valence-corrected chi connectivity index (χ1v) is 4.48. The van der Waals surface area contributed by atoms with Crippen molar-refractivity contribution in [3.05, 3.63) is 11.3 Å². The van der Waals surface area contributed by atoms with E-state index >= 15 is 0 Å². The molecule has 0 aromatic carbocycles. The molecule has 0 radical (unpaired) electrons. The first kappa shape index (κ1) is 11.1. The van der Waals surface area contributed by atoms with Gasteiger partial charge >= 0.3 is 6.18 Å². The van der Waals surface area contributed by atoms with E-state index in [1.54, 1.807) is 7.05 Å². The number of carbonyl (C=O) groups excluding carboxylic acids is 1. The lowest BCUT2D eigenvalue weighted by molar-refractivity contribution is -0.166. The fourth-order valence-corrected chi connectivity index (χ4v) is 1.60. The van der Waals surface area contributed by atoms with Crippen molar-refractivity contribution in [3.63, 3.8) is 0 Å². The van der Waals surface area contributed by atoms with Gasteiger partial charge in [-0.25, -0.2) is 0 Å². The Kier molecular flexibility index (Phi) is 3.18. The van der Waals surface area contributed by atoms with Gasteiger partial charge in [0.2, 0.25) is 0 Å². The van der Waals surface area contributed by atoms with Gasteiger partial charge in [0.05, 0.1) is 0 Å². The maximum Gasteiger partial charge on any atom is 0.454 e. The molecule has 0 fully saturated rings. The Labute approximate surface area is 80.2 Å². The molecule has 0 aromatic heterocycles. The number of ketones is 1. The van der Waals surface area contributed by atoms with E-state index in [-0.39, 0.29) is 12.0 Å². The molecular formula is C9H12F3NO. The summed E-state index contributed by atoms with van der Waals surface area (Å²) >= 11 is 0. The zero-order valence-electron chi connectivity index (χ0n) is 7.87. The summed E-state index contributed by atoms with van der Waals surface area (Å²) in [6, 6.07) is 0. The highest BCUT2D eigenvalue weighted by Gasteiger charge is 2.41. The molecule has 0 unspecified atom stereocenters. The van der Waals surface area contributed by atoms with Crippen molar-refractivity contribution in [2.24, 2.45) is 0 Å². The molecule has 0 saturated carbocycles. The largest absolute Gasteiger partial charge is 0.454 e. The van der Waals surface area contributed by atoms with Gasteiger partial charge in [-0.2, -0.15) is 13.2 Å². The quantitative estimate of drug-likeness (QED) is 0.751. The highest BCUT2D eigenvalue weighted by molar-refractivity contribution is 6.00. The van der Waals surface area contributed by atoms with E-state index in [0.29, 0.717) is 18.5 Å². The third-order valence-electron chi connectivity index (χ3n) is 2.30. The van der Waals surface area contributed by atoms with Crippen LogP contribution >= 0.6 is 0 Å². The Morgan fingerprint density at radius 1 is 1.29 bits per heavy atom. The number of hydrogen-bond acceptors (Lipinski definition) is 2. The number of halogens is 3. The number of carbonyl (C=O) groups is 1. The van der Waals surface area contributed by atoms with Crippen LogP contribution in [0.2, 0.25) is 0 Å². The van der Waals surface area contributed by atoms with E-state index in [1.807, 2.05) is 0 Å². The minimum absolute atomic E-state index is 0.0914. The van der Waals surface area contributed by atoms with Crippen molar-refractivity contribution in [1.29, 1.82) is 0 Å². The fraction of sp³-hybridized carbons (Fsp3) is 0.667. The average Bonchev–Trinajstić information content (AvgIpc) is 2.15. The average molecular weight is 207 g/mol. The summed E-state index contributed by atoms with van der Waals surface area (Å²) in [6.07, 6.45) is -2.48. The van der Waals surface area contributed by atoms with Crippen molar-refractivity contribution in [1.82, 2.24) is 5.32 Å². The molecule has 0 spiro atoms. The van der Waals surface area contributed by atoms with E-state index in [2.05, 4.69) is 5.32 Å². The predicted molar refractivity (Wildman–Crippen MR) is 45.6 cm³/mol. The second kappa shape index (κ2) is 4.02. The number of Topliss-reactive ketones (excluding diaryl/α,β-unsaturated/α-hetero) is 1. The molecule has 0 atom stereocenters. The molecule has 80 valence electrons. The number of hydrogen-bond donors (Lipinski definition) is 1. The van der Waals surface area contributed by atoms with E-state index < -0.39 is 12.0 Å². The maximum atomic E-state index is 12.1. The van der Waals surface area contributed by atoms with Gasteiger partial charge < -0.3 is 5.32 Å². The summed E-state index contributed by atoms with van der Waals surface area (Å²) in [5.41, 5.74) is 0.352. The van der Waals surface area contributed by atoms with Crippen LogP contribution in [0.25, 0.3) is 0 Å². The number of rotatable bonds is 2. The molecule has 1 N–H and O–H groups in total. The second-order valence-corrected chi connectivity index (χ2v) is 3.24. The highest BCUT2D eigenvalue weighted by atomic mass is 19.4. The Hall–Kier alpha value is -1.00. The van der Waals surface area contributed by atoms with Gasteiger partial charge in [0.1, 0.15) is 0 Å². The van der Waals surface area contributed by atoms with Gasteiger partial charge in [-0.3, -0.25) is 4.79 Å². The van der Waals surface area contributed by atoms with Crippen molar-refractivity contribution in [3.8, 4) is 0 Å². The maximum absolute atomic E-state index is 12.1. The van der Waals surface area contributed by atoms with Gasteiger partial charge in [-0.15, -0.1) is 0 Å². The van der Waals surface area contributed by atoms with Gasteiger partial charge in [0, 0.05) is 18.3 Å². The third-order valence-corrected chi connectivity index (χ3v) is 2.30. The van der Waals surface area contributed by atoms with Crippen LogP contribution in [0.15, 0.2) is 11.3 Å². The van der Waals surface area contributed by atoms with Crippen LogP contribution in [0, 0.1) is 0 Å². The molecule has 1 aliphatic carbocycles. The Morgan fingerprint density at radius 2 is 1.86 bits per heavy atom. The normalized spacial score (nSPS) is 18.3. The molecule has 14 heavy (non-hydrogen) atoms. The van der Waals surface area contributed by atoms with Crippen LogP contribution in [-0.2, 0) is 4.79 Å². The van der Waals surface area contributed by atoms with Crippen LogP contribution in [-0.4, -0.2) is 19.0 Å². The SMILES string of the molecule is CNC1=C(C(=O)C(F)(F)F)CCCC1. The predicted octanol–water partition coefficient (Wildman–Crippen LogP) is 2.17. The van der Waals surface area contributed by atoms with Crippen molar-refractivity contribution in [2.75, 3.05) is 7.05 Å². The molecule has 0 saturated heterocycles. The van der Waals surface area contributed by atoms with Crippen LogP contribution < -0.4 is 5.32 Å². The van der Waals surface area contributed by atoms with E-state index in [9.17, 15) is 18.0 Å². The zero-order chi connectivity index (χ0) is 10.8. The Balaban J connectivity index is 2.93. The number of alkyl halides is 3. The first-order valence-electron chi connectivity index (χ1n) is 4.48. The van der Waals surface area contributed by atoms with E-state index in [0.717, 1.165) is 6.42 Å². The second-order valence-electron chi connectivity index (χ2n) is 3.24. The first-order chi connectivity index (χ1) is 6.46. The molecule has 0 aromatic rings. The molecule has 1 rings (SSSR count).